The van der Waals surface area contributed by atoms with Gasteiger partial charge in [0.1, 0.15) is 4.70 Å². The molecule has 0 aliphatic heterocycles. The van der Waals surface area contributed by atoms with Gasteiger partial charge in [-0.1, -0.05) is 6.08 Å². The van der Waals surface area contributed by atoms with E-state index in [1.165, 1.54) is 11.3 Å². The standard InChI is InChI=1S/C12H14N2OS/c1-3-4-5-6-14-8-13-10-9(2)7-16-11(10)12(14)15/h3,7-8H,1,4-6H2,2H3. The first-order chi connectivity index (χ1) is 7.74. The van der Waals surface area contributed by atoms with Crippen LogP contribution in [0.3, 0.4) is 0 Å². The predicted molar refractivity (Wildman–Crippen MR) is 68.0 cm³/mol. The summed E-state index contributed by atoms with van der Waals surface area (Å²) in [5.41, 5.74) is 2.00. The van der Waals surface area contributed by atoms with Crippen LogP contribution >= 0.6 is 11.3 Å². The molecule has 0 aliphatic rings. The molecule has 0 spiro atoms. The Labute approximate surface area is 98.1 Å². The van der Waals surface area contributed by atoms with Crippen molar-refractivity contribution in [1.29, 1.82) is 0 Å². The van der Waals surface area contributed by atoms with E-state index < -0.39 is 0 Å². The van der Waals surface area contributed by atoms with E-state index in [2.05, 4.69) is 11.6 Å². The topological polar surface area (TPSA) is 34.9 Å². The molecule has 0 aromatic carbocycles. The van der Waals surface area contributed by atoms with Gasteiger partial charge in [-0.05, 0) is 30.7 Å². The first-order valence-corrected chi connectivity index (χ1v) is 6.16. The number of unbranched alkanes of at least 4 members (excludes halogenated alkanes) is 1. The first-order valence-electron chi connectivity index (χ1n) is 5.28. The van der Waals surface area contributed by atoms with Crippen molar-refractivity contribution in [3.8, 4) is 0 Å². The minimum atomic E-state index is 0.0761. The number of hydrogen-bond donors (Lipinski definition) is 0. The Morgan fingerprint density at radius 3 is 3.19 bits per heavy atom. The molecule has 0 radical (unpaired) electrons. The Morgan fingerprint density at radius 2 is 2.44 bits per heavy atom. The molecule has 0 saturated carbocycles. The monoisotopic (exact) mass is 234 g/mol. The maximum absolute atomic E-state index is 12.0. The van der Waals surface area contributed by atoms with Crippen LogP contribution in [-0.2, 0) is 6.54 Å². The molecule has 2 aromatic heterocycles. The molecule has 2 heterocycles. The summed E-state index contributed by atoms with van der Waals surface area (Å²) in [6.45, 7) is 6.36. The summed E-state index contributed by atoms with van der Waals surface area (Å²) in [5.74, 6) is 0. The third-order valence-corrected chi connectivity index (χ3v) is 3.61. The lowest BCUT2D eigenvalue weighted by Crippen LogP contribution is -2.19. The highest BCUT2D eigenvalue weighted by Crippen LogP contribution is 2.19. The minimum Gasteiger partial charge on any atom is -0.298 e. The molecule has 0 N–H and O–H groups in total. The Balaban J connectivity index is 2.37. The van der Waals surface area contributed by atoms with Gasteiger partial charge in [0.2, 0.25) is 0 Å². The third-order valence-electron chi connectivity index (χ3n) is 2.53. The molecule has 0 unspecified atom stereocenters. The van der Waals surface area contributed by atoms with Crippen molar-refractivity contribution in [3.05, 3.63) is 40.3 Å². The van der Waals surface area contributed by atoms with Crippen LogP contribution < -0.4 is 5.56 Å². The van der Waals surface area contributed by atoms with Crippen LogP contribution in [0.4, 0.5) is 0 Å². The van der Waals surface area contributed by atoms with Crippen molar-refractivity contribution in [2.24, 2.45) is 0 Å². The Bertz CT molecular complexity index is 568. The number of rotatable bonds is 4. The van der Waals surface area contributed by atoms with Gasteiger partial charge in [0, 0.05) is 6.54 Å². The number of thiophene rings is 1. The Kier molecular flexibility index (Phi) is 3.19. The van der Waals surface area contributed by atoms with Gasteiger partial charge in [0.15, 0.2) is 0 Å². The number of hydrogen-bond acceptors (Lipinski definition) is 3. The van der Waals surface area contributed by atoms with Gasteiger partial charge in [0.05, 0.1) is 11.8 Å². The molecule has 84 valence electrons. The summed E-state index contributed by atoms with van der Waals surface area (Å²) in [6.07, 6.45) is 5.37. The molecule has 4 heteroatoms. The van der Waals surface area contributed by atoms with Gasteiger partial charge in [-0.3, -0.25) is 9.36 Å². The minimum absolute atomic E-state index is 0.0761. The lowest BCUT2D eigenvalue weighted by atomic mass is 10.3. The molecule has 16 heavy (non-hydrogen) atoms. The van der Waals surface area contributed by atoms with Crippen molar-refractivity contribution in [3.63, 3.8) is 0 Å². The van der Waals surface area contributed by atoms with Gasteiger partial charge < -0.3 is 0 Å². The van der Waals surface area contributed by atoms with E-state index in [0.717, 1.165) is 28.6 Å². The highest BCUT2D eigenvalue weighted by molar-refractivity contribution is 7.17. The summed E-state index contributed by atoms with van der Waals surface area (Å²) in [4.78, 5) is 16.4. The number of fused-ring (bicyclic) bond motifs is 1. The second-order valence-corrected chi connectivity index (χ2v) is 4.65. The molecule has 2 rings (SSSR count). The van der Waals surface area contributed by atoms with E-state index in [4.69, 9.17) is 0 Å². The zero-order valence-electron chi connectivity index (χ0n) is 9.27. The molecule has 2 aromatic rings. The quantitative estimate of drug-likeness (QED) is 0.602. The van der Waals surface area contributed by atoms with E-state index >= 15 is 0 Å². The zero-order valence-corrected chi connectivity index (χ0v) is 10.1. The van der Waals surface area contributed by atoms with Crippen LogP contribution in [0.1, 0.15) is 18.4 Å². The number of nitrogens with zero attached hydrogens (tertiary/aromatic N) is 2. The first kappa shape index (κ1) is 11.1. The van der Waals surface area contributed by atoms with E-state index in [0.29, 0.717) is 6.54 Å². The summed E-state index contributed by atoms with van der Waals surface area (Å²) >= 11 is 1.48. The third kappa shape index (κ3) is 1.93. The molecular weight excluding hydrogens is 220 g/mol. The number of aromatic nitrogens is 2. The van der Waals surface area contributed by atoms with Gasteiger partial charge in [0.25, 0.3) is 5.56 Å². The highest BCUT2D eigenvalue weighted by Gasteiger charge is 2.07. The van der Waals surface area contributed by atoms with E-state index in [-0.39, 0.29) is 5.56 Å². The Hall–Kier alpha value is -1.42. The highest BCUT2D eigenvalue weighted by atomic mass is 32.1. The van der Waals surface area contributed by atoms with Crippen LogP contribution in [0, 0.1) is 6.92 Å². The van der Waals surface area contributed by atoms with Crippen molar-refractivity contribution in [1.82, 2.24) is 9.55 Å². The maximum atomic E-state index is 12.0. The fourth-order valence-electron chi connectivity index (χ4n) is 1.63. The van der Waals surface area contributed by atoms with Gasteiger partial charge in [-0.2, -0.15) is 0 Å². The van der Waals surface area contributed by atoms with Crippen LogP contribution in [-0.4, -0.2) is 9.55 Å². The molecule has 0 bridgehead atoms. The van der Waals surface area contributed by atoms with Gasteiger partial charge in [-0.25, -0.2) is 4.98 Å². The molecule has 3 nitrogen and oxygen atoms in total. The van der Waals surface area contributed by atoms with E-state index in [9.17, 15) is 4.79 Å². The smallest absolute Gasteiger partial charge is 0.271 e. The Morgan fingerprint density at radius 1 is 1.62 bits per heavy atom. The molecule has 0 amide bonds. The number of allylic oxidation sites excluding steroid dienone is 1. The van der Waals surface area contributed by atoms with Crippen LogP contribution in [0.15, 0.2) is 29.2 Å². The molecule has 0 saturated heterocycles. The van der Waals surface area contributed by atoms with E-state index in [1.807, 2.05) is 18.4 Å². The predicted octanol–water partition coefficient (Wildman–Crippen LogP) is 2.73. The van der Waals surface area contributed by atoms with Crippen molar-refractivity contribution in [2.45, 2.75) is 26.3 Å². The lowest BCUT2D eigenvalue weighted by Gasteiger charge is -2.03. The number of aryl methyl sites for hydroxylation is 2. The second-order valence-electron chi connectivity index (χ2n) is 3.77. The molecule has 0 atom stereocenters. The summed E-state index contributed by atoms with van der Waals surface area (Å²) in [6, 6.07) is 0. The maximum Gasteiger partial charge on any atom is 0.271 e. The van der Waals surface area contributed by atoms with E-state index in [1.54, 1.807) is 10.9 Å². The van der Waals surface area contributed by atoms with Gasteiger partial charge >= 0.3 is 0 Å². The van der Waals surface area contributed by atoms with Crippen molar-refractivity contribution in [2.75, 3.05) is 0 Å². The van der Waals surface area contributed by atoms with Crippen molar-refractivity contribution < 1.29 is 0 Å². The molecular formula is C12H14N2OS. The van der Waals surface area contributed by atoms with Crippen LogP contribution in [0.5, 0.6) is 0 Å². The molecule has 0 aliphatic carbocycles. The summed E-state index contributed by atoms with van der Waals surface area (Å²) in [5, 5.41) is 1.98. The fraction of sp³-hybridized carbons (Fsp3) is 0.333. The average Bonchev–Trinajstić information content (AvgIpc) is 2.65. The van der Waals surface area contributed by atoms with Gasteiger partial charge in [-0.15, -0.1) is 17.9 Å². The summed E-state index contributed by atoms with van der Waals surface area (Å²) in [7, 11) is 0. The lowest BCUT2D eigenvalue weighted by molar-refractivity contribution is 0.624. The van der Waals surface area contributed by atoms with Crippen molar-refractivity contribution >= 4 is 21.6 Å². The normalized spacial score (nSPS) is 10.8. The largest absolute Gasteiger partial charge is 0.298 e. The second kappa shape index (κ2) is 4.61. The fourth-order valence-corrected chi connectivity index (χ4v) is 2.58. The summed E-state index contributed by atoms with van der Waals surface area (Å²) < 4.78 is 2.44. The SMILES string of the molecule is C=CCCCn1cnc2c(C)csc2c1=O. The van der Waals surface area contributed by atoms with Crippen LogP contribution in [0.2, 0.25) is 0 Å². The molecule has 0 fully saturated rings. The average molecular weight is 234 g/mol. The van der Waals surface area contributed by atoms with Crippen LogP contribution in [0.25, 0.3) is 10.2 Å². The zero-order chi connectivity index (χ0) is 11.5.